The SMILES string of the molecule is CC1(C)CCCCC1(O)Cc1cc(F)cc(Br)c1. The lowest BCUT2D eigenvalue weighted by Crippen LogP contribution is -2.48. The van der Waals surface area contributed by atoms with Gasteiger partial charge >= 0.3 is 0 Å². The average Bonchev–Trinajstić information content (AvgIpc) is 2.21. The average molecular weight is 315 g/mol. The first-order valence-electron chi connectivity index (χ1n) is 6.50. The minimum absolute atomic E-state index is 0.107. The highest BCUT2D eigenvalue weighted by Crippen LogP contribution is 2.45. The van der Waals surface area contributed by atoms with Crippen LogP contribution in [0.4, 0.5) is 4.39 Å². The number of aliphatic hydroxyl groups is 1. The Balaban J connectivity index is 2.26. The lowest BCUT2D eigenvalue weighted by molar-refractivity contribution is -0.0958. The van der Waals surface area contributed by atoms with Gasteiger partial charge in [-0.1, -0.05) is 42.6 Å². The van der Waals surface area contributed by atoms with Gasteiger partial charge in [0.05, 0.1) is 5.60 Å². The molecule has 3 heteroatoms. The molecule has 1 aliphatic rings. The van der Waals surface area contributed by atoms with Crippen LogP contribution >= 0.6 is 15.9 Å². The standard InChI is InChI=1S/C15H20BrFO/c1-14(2)5-3-4-6-15(14,18)10-11-7-12(16)9-13(17)8-11/h7-9,18H,3-6,10H2,1-2H3. The molecule has 1 aromatic rings. The number of rotatable bonds is 2. The van der Waals surface area contributed by atoms with Crippen LogP contribution in [-0.4, -0.2) is 10.7 Å². The molecular formula is C15H20BrFO. The minimum Gasteiger partial charge on any atom is -0.389 e. The summed E-state index contributed by atoms with van der Waals surface area (Å²) in [7, 11) is 0. The normalized spacial score (nSPS) is 27.2. The summed E-state index contributed by atoms with van der Waals surface area (Å²) >= 11 is 3.30. The van der Waals surface area contributed by atoms with Gasteiger partial charge in [0.1, 0.15) is 5.82 Å². The molecule has 0 heterocycles. The van der Waals surface area contributed by atoms with Gasteiger partial charge in [-0.05, 0) is 42.0 Å². The van der Waals surface area contributed by atoms with Crippen molar-refractivity contribution in [2.75, 3.05) is 0 Å². The quantitative estimate of drug-likeness (QED) is 0.854. The summed E-state index contributed by atoms with van der Waals surface area (Å²) in [6, 6.07) is 4.86. The van der Waals surface area contributed by atoms with Crippen LogP contribution in [0, 0.1) is 11.2 Å². The Morgan fingerprint density at radius 1 is 1.22 bits per heavy atom. The number of hydrogen-bond donors (Lipinski definition) is 1. The third-order valence-corrected chi connectivity index (χ3v) is 4.78. The molecule has 1 aromatic carbocycles. The summed E-state index contributed by atoms with van der Waals surface area (Å²) in [5.74, 6) is -0.253. The van der Waals surface area contributed by atoms with E-state index in [-0.39, 0.29) is 11.2 Å². The Bertz CT molecular complexity index is 424. The third kappa shape index (κ3) is 2.77. The fourth-order valence-electron chi connectivity index (χ4n) is 2.93. The first-order chi connectivity index (χ1) is 8.32. The molecule has 18 heavy (non-hydrogen) atoms. The van der Waals surface area contributed by atoms with E-state index < -0.39 is 5.60 Å². The van der Waals surface area contributed by atoms with Gasteiger partial charge in [0.15, 0.2) is 0 Å². The summed E-state index contributed by atoms with van der Waals surface area (Å²) in [5.41, 5.74) is 0.0297. The maximum atomic E-state index is 13.4. The van der Waals surface area contributed by atoms with Crippen molar-refractivity contribution in [3.05, 3.63) is 34.1 Å². The van der Waals surface area contributed by atoms with Crippen LogP contribution < -0.4 is 0 Å². The fourth-order valence-corrected chi connectivity index (χ4v) is 3.45. The molecule has 1 aliphatic carbocycles. The second-order valence-electron chi connectivity index (χ2n) is 6.08. The van der Waals surface area contributed by atoms with E-state index >= 15 is 0 Å². The maximum Gasteiger partial charge on any atom is 0.124 e. The summed E-state index contributed by atoms with van der Waals surface area (Å²) < 4.78 is 14.1. The van der Waals surface area contributed by atoms with Crippen LogP contribution in [0.1, 0.15) is 45.1 Å². The van der Waals surface area contributed by atoms with Crippen LogP contribution in [0.25, 0.3) is 0 Å². The zero-order valence-corrected chi connectivity index (χ0v) is 12.6. The van der Waals surface area contributed by atoms with Crippen molar-refractivity contribution in [2.45, 2.75) is 51.6 Å². The van der Waals surface area contributed by atoms with E-state index in [1.165, 1.54) is 18.6 Å². The predicted octanol–water partition coefficient (Wildman–Crippen LogP) is 4.46. The molecule has 1 fully saturated rings. The van der Waals surface area contributed by atoms with E-state index in [0.717, 1.165) is 29.3 Å². The van der Waals surface area contributed by atoms with Crippen molar-refractivity contribution in [2.24, 2.45) is 5.41 Å². The van der Waals surface area contributed by atoms with Crippen molar-refractivity contribution >= 4 is 15.9 Å². The van der Waals surface area contributed by atoms with Crippen LogP contribution in [0.15, 0.2) is 22.7 Å². The van der Waals surface area contributed by atoms with Crippen LogP contribution in [0.5, 0.6) is 0 Å². The molecule has 0 saturated heterocycles. The molecule has 0 spiro atoms. The zero-order valence-electron chi connectivity index (χ0n) is 11.0. The lowest BCUT2D eigenvalue weighted by Gasteiger charge is -2.46. The van der Waals surface area contributed by atoms with Gasteiger partial charge < -0.3 is 5.11 Å². The molecule has 2 rings (SSSR count). The summed E-state index contributed by atoms with van der Waals surface area (Å²) in [6.07, 6.45) is 4.57. The largest absolute Gasteiger partial charge is 0.389 e. The first-order valence-corrected chi connectivity index (χ1v) is 7.29. The van der Waals surface area contributed by atoms with Crippen LogP contribution in [0.3, 0.4) is 0 Å². The molecule has 1 N–H and O–H groups in total. The van der Waals surface area contributed by atoms with Gasteiger partial charge in [-0.3, -0.25) is 0 Å². The molecule has 0 aromatic heterocycles. The molecule has 0 aliphatic heterocycles. The highest BCUT2D eigenvalue weighted by molar-refractivity contribution is 9.10. The second-order valence-corrected chi connectivity index (χ2v) is 6.99. The van der Waals surface area contributed by atoms with Crippen molar-refractivity contribution in [1.29, 1.82) is 0 Å². The molecule has 1 nitrogen and oxygen atoms in total. The van der Waals surface area contributed by atoms with E-state index in [9.17, 15) is 9.50 Å². The number of hydrogen-bond acceptors (Lipinski definition) is 1. The Labute approximate surface area is 117 Å². The molecule has 0 amide bonds. The Kier molecular flexibility index (Phi) is 3.84. The van der Waals surface area contributed by atoms with Gasteiger partial charge in [-0.15, -0.1) is 0 Å². The topological polar surface area (TPSA) is 20.2 Å². The first kappa shape index (κ1) is 14.0. The van der Waals surface area contributed by atoms with Crippen molar-refractivity contribution < 1.29 is 9.50 Å². The van der Waals surface area contributed by atoms with E-state index in [4.69, 9.17) is 0 Å². The molecular weight excluding hydrogens is 295 g/mol. The van der Waals surface area contributed by atoms with Gasteiger partial charge in [0, 0.05) is 10.9 Å². The maximum absolute atomic E-state index is 13.4. The van der Waals surface area contributed by atoms with Gasteiger partial charge in [-0.25, -0.2) is 4.39 Å². The van der Waals surface area contributed by atoms with Crippen LogP contribution in [-0.2, 0) is 6.42 Å². The number of halogens is 2. The van der Waals surface area contributed by atoms with Gasteiger partial charge in [0.25, 0.3) is 0 Å². The van der Waals surface area contributed by atoms with E-state index in [1.807, 2.05) is 6.07 Å². The summed E-state index contributed by atoms with van der Waals surface area (Å²) in [5, 5.41) is 10.9. The fraction of sp³-hybridized carbons (Fsp3) is 0.600. The highest BCUT2D eigenvalue weighted by Gasteiger charge is 2.44. The molecule has 100 valence electrons. The van der Waals surface area contributed by atoms with Crippen molar-refractivity contribution in [1.82, 2.24) is 0 Å². The Morgan fingerprint density at radius 2 is 1.89 bits per heavy atom. The summed E-state index contributed by atoms with van der Waals surface area (Å²) in [4.78, 5) is 0. The van der Waals surface area contributed by atoms with E-state index in [0.29, 0.717) is 6.42 Å². The minimum atomic E-state index is -0.724. The van der Waals surface area contributed by atoms with E-state index in [2.05, 4.69) is 29.8 Å². The molecule has 1 atom stereocenters. The molecule has 1 saturated carbocycles. The van der Waals surface area contributed by atoms with Gasteiger partial charge in [0.2, 0.25) is 0 Å². The molecule has 1 unspecified atom stereocenters. The van der Waals surface area contributed by atoms with Crippen molar-refractivity contribution in [3.8, 4) is 0 Å². The van der Waals surface area contributed by atoms with E-state index in [1.54, 1.807) is 0 Å². The van der Waals surface area contributed by atoms with Gasteiger partial charge in [-0.2, -0.15) is 0 Å². The molecule has 0 bridgehead atoms. The zero-order chi connectivity index (χ0) is 13.4. The molecule has 0 radical (unpaired) electrons. The van der Waals surface area contributed by atoms with Crippen LogP contribution in [0.2, 0.25) is 0 Å². The third-order valence-electron chi connectivity index (χ3n) is 4.32. The monoisotopic (exact) mass is 314 g/mol. The lowest BCUT2D eigenvalue weighted by atomic mass is 9.63. The predicted molar refractivity (Wildman–Crippen MR) is 75.0 cm³/mol. The Hall–Kier alpha value is -0.410. The smallest absolute Gasteiger partial charge is 0.124 e. The highest BCUT2D eigenvalue weighted by atomic mass is 79.9. The number of benzene rings is 1. The second kappa shape index (κ2) is 4.93. The summed E-state index contributed by atoms with van der Waals surface area (Å²) in [6.45, 7) is 4.22. The Morgan fingerprint density at radius 3 is 2.50 bits per heavy atom. The van der Waals surface area contributed by atoms with Crippen molar-refractivity contribution in [3.63, 3.8) is 0 Å².